The van der Waals surface area contributed by atoms with Crippen LogP contribution in [-0.2, 0) is 31.1 Å². The maximum atomic E-state index is 12.9. The summed E-state index contributed by atoms with van der Waals surface area (Å²) in [6.07, 6.45) is -0.640. The zero-order valence-corrected chi connectivity index (χ0v) is 19.9. The molecule has 11 nitrogen and oxygen atoms in total. The minimum absolute atomic E-state index is 0.106. The van der Waals surface area contributed by atoms with Gasteiger partial charge in [-0.2, -0.15) is 8.42 Å². The summed E-state index contributed by atoms with van der Waals surface area (Å²) in [4.78, 5) is 37.3. The number of hydrogen-bond donors (Lipinski definition) is 5. The van der Waals surface area contributed by atoms with Crippen LogP contribution in [0, 0.1) is 5.92 Å². The fourth-order valence-corrected chi connectivity index (χ4v) is 3.14. The van der Waals surface area contributed by atoms with E-state index in [1.807, 2.05) is 4.72 Å². The predicted molar refractivity (Wildman–Crippen MR) is 119 cm³/mol. The van der Waals surface area contributed by atoms with Crippen LogP contribution < -0.4 is 20.7 Å². The highest BCUT2D eigenvalue weighted by Gasteiger charge is 2.30. The van der Waals surface area contributed by atoms with Gasteiger partial charge in [0.15, 0.2) is 0 Å². The van der Waals surface area contributed by atoms with E-state index < -0.39 is 45.9 Å². The number of nitrogens with one attached hydrogen (secondary N) is 4. The van der Waals surface area contributed by atoms with Gasteiger partial charge in [0.25, 0.3) is 0 Å². The summed E-state index contributed by atoms with van der Waals surface area (Å²) in [5.74, 6) is -1.28. The van der Waals surface area contributed by atoms with Gasteiger partial charge in [0.2, 0.25) is 11.8 Å². The van der Waals surface area contributed by atoms with Crippen molar-refractivity contribution >= 4 is 33.9 Å². The van der Waals surface area contributed by atoms with Crippen LogP contribution in [-0.4, -0.2) is 55.6 Å². The molecule has 0 heterocycles. The molecule has 180 valence electrons. The molecular formula is C20H32N4O7S. The van der Waals surface area contributed by atoms with Crippen molar-refractivity contribution < 1.29 is 32.1 Å². The first-order valence-electron chi connectivity index (χ1n) is 9.97. The molecule has 0 aliphatic rings. The molecule has 0 aliphatic heterocycles. The van der Waals surface area contributed by atoms with E-state index in [4.69, 9.17) is 9.29 Å². The molecule has 2 atom stereocenters. The van der Waals surface area contributed by atoms with Crippen molar-refractivity contribution in [1.29, 1.82) is 0 Å². The number of ether oxygens (including phenoxy) is 1. The molecule has 0 unspecified atom stereocenters. The highest BCUT2D eigenvalue weighted by molar-refractivity contribution is 7.87. The predicted octanol–water partition coefficient (Wildman–Crippen LogP) is 1.22. The van der Waals surface area contributed by atoms with E-state index in [1.54, 1.807) is 46.8 Å². The van der Waals surface area contributed by atoms with Crippen LogP contribution in [0.2, 0.25) is 0 Å². The van der Waals surface area contributed by atoms with E-state index >= 15 is 0 Å². The Morgan fingerprint density at radius 3 is 2.03 bits per heavy atom. The average Bonchev–Trinajstić information content (AvgIpc) is 2.63. The number of rotatable bonds is 9. The molecule has 32 heavy (non-hydrogen) atoms. The maximum Gasteiger partial charge on any atom is 0.408 e. The van der Waals surface area contributed by atoms with Crippen LogP contribution in [0.25, 0.3) is 0 Å². The lowest BCUT2D eigenvalue weighted by Crippen LogP contribution is -2.56. The number of hydrogen-bond acceptors (Lipinski definition) is 6. The first kappa shape index (κ1) is 27.2. The highest BCUT2D eigenvalue weighted by Crippen LogP contribution is 2.13. The lowest BCUT2D eigenvalue weighted by molar-refractivity contribution is -0.130. The van der Waals surface area contributed by atoms with E-state index in [0.717, 1.165) is 0 Å². The molecule has 12 heteroatoms. The molecule has 1 aromatic rings. The summed E-state index contributed by atoms with van der Waals surface area (Å²) < 4.78 is 37.7. The molecule has 1 aromatic carbocycles. The number of alkyl carbamates (subject to hydrolysis) is 1. The van der Waals surface area contributed by atoms with Crippen molar-refractivity contribution in [2.75, 3.05) is 11.8 Å². The lowest BCUT2D eigenvalue weighted by Gasteiger charge is -2.27. The van der Waals surface area contributed by atoms with E-state index in [9.17, 15) is 22.8 Å². The number of amides is 3. The summed E-state index contributed by atoms with van der Waals surface area (Å²) in [6.45, 7) is 8.61. The minimum Gasteiger partial charge on any atom is -0.444 e. The summed E-state index contributed by atoms with van der Waals surface area (Å²) in [5, 5.41) is 7.66. The van der Waals surface area contributed by atoms with Crippen molar-refractivity contribution in [2.45, 2.75) is 58.7 Å². The van der Waals surface area contributed by atoms with Gasteiger partial charge in [-0.3, -0.25) is 18.9 Å². The molecule has 5 N–H and O–H groups in total. The van der Waals surface area contributed by atoms with Crippen LogP contribution in [0.1, 0.15) is 40.2 Å². The first-order chi connectivity index (χ1) is 14.6. The van der Waals surface area contributed by atoms with Gasteiger partial charge in [-0.05, 0) is 44.4 Å². The fourth-order valence-electron chi connectivity index (χ4n) is 2.71. The molecule has 1 rings (SSSR count). The first-order valence-corrected chi connectivity index (χ1v) is 11.4. The third kappa shape index (κ3) is 9.96. The fraction of sp³-hybridized carbons (Fsp3) is 0.550. The molecule has 0 spiro atoms. The Kier molecular flexibility index (Phi) is 9.46. The second-order valence-corrected chi connectivity index (χ2v) is 9.68. The van der Waals surface area contributed by atoms with Gasteiger partial charge >= 0.3 is 16.4 Å². The molecule has 0 saturated carbocycles. The molecule has 0 radical (unpaired) electrons. The second kappa shape index (κ2) is 11.1. The normalized spacial score (nSPS) is 13.6. The number of benzene rings is 1. The summed E-state index contributed by atoms with van der Waals surface area (Å²) >= 11 is 0. The van der Waals surface area contributed by atoms with Gasteiger partial charge in [-0.25, -0.2) is 4.79 Å². The van der Waals surface area contributed by atoms with Crippen LogP contribution in [0.4, 0.5) is 10.5 Å². The maximum absolute atomic E-state index is 12.9. The lowest BCUT2D eigenvalue weighted by atomic mass is 10.0. The van der Waals surface area contributed by atoms with E-state index in [-0.39, 0.29) is 18.0 Å². The number of anilines is 1. The molecule has 0 bridgehead atoms. The van der Waals surface area contributed by atoms with Crippen LogP contribution in [0.15, 0.2) is 24.3 Å². The van der Waals surface area contributed by atoms with Crippen LogP contribution in [0.5, 0.6) is 0 Å². The van der Waals surface area contributed by atoms with Crippen LogP contribution >= 0.6 is 0 Å². The Morgan fingerprint density at radius 1 is 1.03 bits per heavy atom. The molecule has 0 aromatic heterocycles. The van der Waals surface area contributed by atoms with E-state index in [2.05, 4.69) is 16.0 Å². The Morgan fingerprint density at radius 2 is 1.59 bits per heavy atom. The Hall–Kier alpha value is -2.86. The number of carbonyl (C=O) groups is 3. The Bertz CT molecular complexity index is 909. The zero-order valence-electron chi connectivity index (χ0n) is 19.1. The van der Waals surface area contributed by atoms with Gasteiger partial charge in [0.05, 0.1) is 5.69 Å². The van der Waals surface area contributed by atoms with Crippen molar-refractivity contribution in [3.63, 3.8) is 0 Å². The number of carbonyl (C=O) groups excluding carboxylic acids is 3. The third-order valence-corrected chi connectivity index (χ3v) is 4.63. The molecule has 0 saturated heterocycles. The monoisotopic (exact) mass is 472 g/mol. The zero-order chi connectivity index (χ0) is 24.7. The number of likely N-dealkylation sites (N-methyl/N-ethyl adjacent to an activating group) is 1. The van der Waals surface area contributed by atoms with Crippen molar-refractivity contribution in [3.05, 3.63) is 29.8 Å². The van der Waals surface area contributed by atoms with Crippen molar-refractivity contribution in [3.8, 4) is 0 Å². The third-order valence-electron chi connectivity index (χ3n) is 4.14. The largest absolute Gasteiger partial charge is 0.444 e. The summed E-state index contributed by atoms with van der Waals surface area (Å²) in [6, 6.07) is 4.04. The topological polar surface area (TPSA) is 163 Å². The van der Waals surface area contributed by atoms with E-state index in [1.165, 1.54) is 19.2 Å². The van der Waals surface area contributed by atoms with Crippen LogP contribution in [0.3, 0.4) is 0 Å². The van der Waals surface area contributed by atoms with Gasteiger partial charge in [-0.15, -0.1) is 0 Å². The van der Waals surface area contributed by atoms with Crippen molar-refractivity contribution in [2.24, 2.45) is 5.92 Å². The van der Waals surface area contributed by atoms with Gasteiger partial charge in [0, 0.05) is 13.5 Å². The van der Waals surface area contributed by atoms with Gasteiger partial charge in [0.1, 0.15) is 17.7 Å². The standard InChI is InChI=1S/C20H32N4O7S/c1-12(2)16(23-19(27)31-20(3,4)5)18(26)22-15(17(25)21-6)11-13-7-9-14(10-8-13)24-32(28,29)30/h7-10,12,15-16,24H,11H2,1-6H3,(H,21,25)(H,22,26)(H,23,27)(H,28,29,30)/t15-,16+/m0/s1. The SMILES string of the molecule is CNC(=O)[C@H](Cc1ccc(NS(=O)(=O)O)cc1)NC(=O)[C@H](NC(=O)OC(C)(C)C)C(C)C. The highest BCUT2D eigenvalue weighted by atomic mass is 32.2. The Balaban J connectivity index is 2.94. The summed E-state index contributed by atoms with van der Waals surface area (Å²) in [7, 11) is -2.97. The minimum atomic E-state index is -4.40. The average molecular weight is 473 g/mol. The van der Waals surface area contributed by atoms with Gasteiger partial charge < -0.3 is 20.7 Å². The molecular weight excluding hydrogens is 440 g/mol. The van der Waals surface area contributed by atoms with Gasteiger partial charge in [-0.1, -0.05) is 26.0 Å². The summed E-state index contributed by atoms with van der Waals surface area (Å²) in [5.41, 5.74) is 0.0301. The second-order valence-electron chi connectivity index (χ2n) is 8.52. The molecule has 0 aliphatic carbocycles. The molecule has 0 fully saturated rings. The Labute approximate surface area is 188 Å². The quantitative estimate of drug-likeness (QED) is 0.337. The van der Waals surface area contributed by atoms with E-state index in [0.29, 0.717) is 5.56 Å². The molecule has 3 amide bonds. The smallest absolute Gasteiger partial charge is 0.408 e. The van der Waals surface area contributed by atoms with Crippen molar-refractivity contribution in [1.82, 2.24) is 16.0 Å².